The van der Waals surface area contributed by atoms with E-state index in [0.29, 0.717) is 22.4 Å². The lowest BCUT2D eigenvalue weighted by Gasteiger charge is -2.13. The lowest BCUT2D eigenvalue weighted by atomic mass is 10.1. The summed E-state index contributed by atoms with van der Waals surface area (Å²) in [6, 6.07) is 9.69. The standard InChI is InChI=1S/C15H12Cl2FIO/c16-11-7-14(17)13(5-6-19)15(8-11)20-9-10-1-3-12(18)4-2-10/h1-4,7-8H,5-6,9H2. The molecule has 0 spiro atoms. The second kappa shape index (κ2) is 7.48. The summed E-state index contributed by atoms with van der Waals surface area (Å²) in [6.07, 6.45) is 0.815. The third-order valence-corrected chi connectivity index (χ3v) is 3.87. The van der Waals surface area contributed by atoms with Crippen LogP contribution in [0.5, 0.6) is 5.75 Å². The number of halogens is 4. The van der Waals surface area contributed by atoms with Gasteiger partial charge >= 0.3 is 0 Å². The van der Waals surface area contributed by atoms with Gasteiger partial charge in [0.05, 0.1) is 0 Å². The Morgan fingerprint density at radius 2 is 1.80 bits per heavy atom. The third-order valence-electron chi connectivity index (χ3n) is 2.77. The molecule has 0 fully saturated rings. The van der Waals surface area contributed by atoms with Crippen molar-refractivity contribution in [2.24, 2.45) is 0 Å². The maximum absolute atomic E-state index is 12.8. The van der Waals surface area contributed by atoms with Crippen LogP contribution >= 0.6 is 45.8 Å². The fraction of sp³-hybridized carbons (Fsp3) is 0.200. The molecule has 20 heavy (non-hydrogen) atoms. The van der Waals surface area contributed by atoms with Crippen LogP contribution in [-0.2, 0) is 13.0 Å². The smallest absolute Gasteiger partial charge is 0.126 e. The van der Waals surface area contributed by atoms with Gasteiger partial charge in [-0.1, -0.05) is 57.9 Å². The Bertz CT molecular complexity index is 587. The summed E-state index contributed by atoms with van der Waals surface area (Å²) in [5.74, 6) is 0.425. The predicted octanol–water partition coefficient (Wildman–Crippen LogP) is 5.69. The highest BCUT2D eigenvalue weighted by atomic mass is 127. The SMILES string of the molecule is Fc1ccc(COc2cc(Cl)cc(Cl)c2CCI)cc1. The molecule has 106 valence electrons. The van der Waals surface area contributed by atoms with Crippen molar-refractivity contribution in [2.45, 2.75) is 13.0 Å². The van der Waals surface area contributed by atoms with Crippen molar-refractivity contribution in [1.82, 2.24) is 0 Å². The Morgan fingerprint density at radius 1 is 1.10 bits per heavy atom. The summed E-state index contributed by atoms with van der Waals surface area (Å²) >= 11 is 14.5. The van der Waals surface area contributed by atoms with E-state index in [9.17, 15) is 4.39 Å². The lowest BCUT2D eigenvalue weighted by Crippen LogP contribution is -2.00. The van der Waals surface area contributed by atoms with Gasteiger partial charge in [0.1, 0.15) is 18.2 Å². The van der Waals surface area contributed by atoms with Gasteiger partial charge in [-0.25, -0.2) is 4.39 Å². The number of hydrogen-bond donors (Lipinski definition) is 0. The highest BCUT2D eigenvalue weighted by Crippen LogP contribution is 2.32. The molecule has 5 heteroatoms. The molecule has 2 rings (SSSR count). The highest BCUT2D eigenvalue weighted by molar-refractivity contribution is 14.1. The van der Waals surface area contributed by atoms with Gasteiger partial charge in [0, 0.05) is 20.0 Å². The monoisotopic (exact) mass is 424 g/mol. The minimum Gasteiger partial charge on any atom is -0.489 e. The first kappa shape index (κ1) is 15.9. The van der Waals surface area contributed by atoms with Crippen LogP contribution < -0.4 is 4.74 Å². The normalized spacial score (nSPS) is 10.6. The van der Waals surface area contributed by atoms with E-state index in [1.165, 1.54) is 12.1 Å². The zero-order valence-corrected chi connectivity index (χ0v) is 14.2. The Balaban J connectivity index is 2.17. The van der Waals surface area contributed by atoms with Gasteiger partial charge in [-0.3, -0.25) is 0 Å². The van der Waals surface area contributed by atoms with Gasteiger partial charge in [-0.15, -0.1) is 0 Å². The Kier molecular flexibility index (Phi) is 5.93. The quantitative estimate of drug-likeness (QED) is 0.442. The van der Waals surface area contributed by atoms with E-state index in [4.69, 9.17) is 27.9 Å². The summed E-state index contributed by atoms with van der Waals surface area (Å²) in [4.78, 5) is 0. The molecule has 0 unspecified atom stereocenters. The molecular weight excluding hydrogens is 413 g/mol. The summed E-state index contributed by atoms with van der Waals surface area (Å²) in [6.45, 7) is 0.352. The van der Waals surface area contributed by atoms with Crippen molar-refractivity contribution in [2.75, 3.05) is 4.43 Å². The van der Waals surface area contributed by atoms with E-state index in [-0.39, 0.29) is 5.82 Å². The van der Waals surface area contributed by atoms with Crippen LogP contribution in [0.15, 0.2) is 36.4 Å². The van der Waals surface area contributed by atoms with Crippen LogP contribution in [0.25, 0.3) is 0 Å². The molecule has 1 nitrogen and oxygen atoms in total. The number of benzene rings is 2. The van der Waals surface area contributed by atoms with Crippen LogP contribution in [0, 0.1) is 5.82 Å². The fourth-order valence-electron chi connectivity index (χ4n) is 1.79. The molecule has 0 amide bonds. The van der Waals surface area contributed by atoms with Gasteiger partial charge in [0.15, 0.2) is 0 Å². The van der Waals surface area contributed by atoms with Crippen molar-refractivity contribution < 1.29 is 9.13 Å². The molecule has 0 radical (unpaired) electrons. The van der Waals surface area contributed by atoms with Crippen molar-refractivity contribution in [1.29, 1.82) is 0 Å². The maximum Gasteiger partial charge on any atom is 0.126 e. The zero-order chi connectivity index (χ0) is 14.5. The first-order valence-corrected chi connectivity index (χ1v) is 8.29. The summed E-state index contributed by atoms with van der Waals surface area (Å²) < 4.78 is 19.6. The Morgan fingerprint density at radius 3 is 2.45 bits per heavy atom. The van der Waals surface area contributed by atoms with Gasteiger partial charge in [-0.05, 0) is 36.2 Å². The molecule has 0 N–H and O–H groups in total. The van der Waals surface area contributed by atoms with Gasteiger partial charge < -0.3 is 4.74 Å². The van der Waals surface area contributed by atoms with Crippen molar-refractivity contribution >= 4 is 45.8 Å². The third kappa shape index (κ3) is 4.24. The van der Waals surface area contributed by atoms with Crippen molar-refractivity contribution in [3.05, 3.63) is 63.4 Å². The first-order valence-electron chi connectivity index (χ1n) is 6.01. The lowest BCUT2D eigenvalue weighted by molar-refractivity contribution is 0.303. The van der Waals surface area contributed by atoms with E-state index >= 15 is 0 Å². The van der Waals surface area contributed by atoms with Crippen molar-refractivity contribution in [3.8, 4) is 5.75 Å². The topological polar surface area (TPSA) is 9.23 Å². The molecule has 0 saturated heterocycles. The van der Waals surface area contributed by atoms with Gasteiger partial charge in [-0.2, -0.15) is 0 Å². The van der Waals surface area contributed by atoms with Crippen LogP contribution in [0.2, 0.25) is 10.0 Å². The van der Waals surface area contributed by atoms with E-state index in [1.54, 1.807) is 24.3 Å². The molecule has 2 aromatic carbocycles. The summed E-state index contributed by atoms with van der Waals surface area (Å²) in [7, 11) is 0. The molecule has 0 heterocycles. The largest absolute Gasteiger partial charge is 0.489 e. The number of alkyl halides is 1. The zero-order valence-electron chi connectivity index (χ0n) is 10.5. The minimum absolute atomic E-state index is 0.259. The molecule has 0 aliphatic rings. The van der Waals surface area contributed by atoms with E-state index < -0.39 is 0 Å². The molecule has 2 aromatic rings. The fourth-order valence-corrected chi connectivity index (χ4v) is 2.90. The Hall–Kier alpha value is -0.520. The molecule has 0 bridgehead atoms. The second-order valence-electron chi connectivity index (χ2n) is 4.22. The van der Waals surface area contributed by atoms with Crippen LogP contribution in [0.3, 0.4) is 0 Å². The van der Waals surface area contributed by atoms with E-state index in [2.05, 4.69) is 22.6 Å². The number of hydrogen-bond acceptors (Lipinski definition) is 1. The number of ether oxygens (including phenoxy) is 1. The average Bonchev–Trinajstić information content (AvgIpc) is 2.41. The number of rotatable bonds is 5. The first-order chi connectivity index (χ1) is 9.60. The highest BCUT2D eigenvalue weighted by Gasteiger charge is 2.10. The van der Waals surface area contributed by atoms with Gasteiger partial charge in [0.2, 0.25) is 0 Å². The second-order valence-corrected chi connectivity index (χ2v) is 6.14. The maximum atomic E-state index is 12.8. The van der Waals surface area contributed by atoms with E-state index in [0.717, 1.165) is 22.0 Å². The summed E-state index contributed by atoms with van der Waals surface area (Å²) in [5, 5.41) is 1.16. The van der Waals surface area contributed by atoms with Crippen LogP contribution in [0.1, 0.15) is 11.1 Å². The predicted molar refractivity (Wildman–Crippen MR) is 89.8 cm³/mol. The van der Waals surface area contributed by atoms with E-state index in [1.807, 2.05) is 0 Å². The van der Waals surface area contributed by atoms with Crippen LogP contribution in [0.4, 0.5) is 4.39 Å². The molecule has 0 aromatic heterocycles. The molecular formula is C15H12Cl2FIO. The molecule has 0 aliphatic carbocycles. The minimum atomic E-state index is -0.259. The molecule has 0 atom stereocenters. The average molecular weight is 425 g/mol. The molecule has 0 saturated carbocycles. The molecule has 0 aliphatic heterocycles. The van der Waals surface area contributed by atoms with Gasteiger partial charge in [0.25, 0.3) is 0 Å². The van der Waals surface area contributed by atoms with Crippen LogP contribution in [-0.4, -0.2) is 4.43 Å². The summed E-state index contributed by atoms with van der Waals surface area (Å²) in [5.41, 5.74) is 1.84. The van der Waals surface area contributed by atoms with Crippen molar-refractivity contribution in [3.63, 3.8) is 0 Å². The Labute approximate surface area is 141 Å².